The van der Waals surface area contributed by atoms with Gasteiger partial charge in [0.25, 0.3) is 0 Å². The summed E-state index contributed by atoms with van der Waals surface area (Å²) >= 11 is 0. The molecular weight excluding hydrogens is 262 g/mol. The zero-order chi connectivity index (χ0) is 14.9. The number of rotatable bonds is 2. The van der Waals surface area contributed by atoms with E-state index >= 15 is 0 Å². The first-order valence-corrected chi connectivity index (χ1v) is 7.99. The maximum Gasteiger partial charge on any atom is 0.111 e. The summed E-state index contributed by atoms with van der Waals surface area (Å²) in [5, 5.41) is 21.4. The van der Waals surface area contributed by atoms with Crippen LogP contribution in [0, 0.1) is 11.3 Å². The number of hydrogen-bond donors (Lipinski definition) is 1. The average Bonchev–Trinajstić information content (AvgIpc) is 2.54. The number of nitrogens with zero attached hydrogens (tertiary/aromatic N) is 1. The van der Waals surface area contributed by atoms with Crippen molar-refractivity contribution in [3.05, 3.63) is 35.4 Å². The Kier molecular flexibility index (Phi) is 3.77. The highest BCUT2D eigenvalue weighted by Crippen LogP contribution is 2.49. The summed E-state index contributed by atoms with van der Waals surface area (Å²) in [5.74, 6) is 0. The summed E-state index contributed by atoms with van der Waals surface area (Å²) in [5.41, 5.74) is 0.507. The van der Waals surface area contributed by atoms with Gasteiger partial charge in [-0.05, 0) is 36.8 Å². The summed E-state index contributed by atoms with van der Waals surface area (Å²) in [7, 11) is 0. The van der Waals surface area contributed by atoms with Crippen molar-refractivity contribution < 1.29 is 9.84 Å². The largest absolute Gasteiger partial charge is 0.388 e. The van der Waals surface area contributed by atoms with Crippen molar-refractivity contribution in [2.75, 3.05) is 6.61 Å². The zero-order valence-corrected chi connectivity index (χ0v) is 12.6. The molecule has 2 aliphatic rings. The van der Waals surface area contributed by atoms with Crippen molar-refractivity contribution in [3.63, 3.8) is 0 Å². The normalized spacial score (nSPS) is 35.8. The zero-order valence-electron chi connectivity index (χ0n) is 12.6. The number of aryl methyl sites for hydroxylation is 1. The van der Waals surface area contributed by atoms with Gasteiger partial charge in [-0.2, -0.15) is 5.26 Å². The number of aliphatic hydroxyl groups is 1. The van der Waals surface area contributed by atoms with E-state index in [0.29, 0.717) is 19.4 Å². The molecule has 1 N–H and O–H groups in total. The fourth-order valence-electron chi connectivity index (χ4n) is 4.12. The summed E-state index contributed by atoms with van der Waals surface area (Å²) < 4.78 is 5.72. The van der Waals surface area contributed by atoms with Gasteiger partial charge >= 0.3 is 0 Å². The highest BCUT2D eigenvalue weighted by Gasteiger charge is 2.55. The number of nitriles is 1. The third kappa shape index (κ3) is 2.18. The second-order valence-electron chi connectivity index (χ2n) is 6.41. The molecule has 1 aromatic rings. The van der Waals surface area contributed by atoms with Crippen LogP contribution in [0.15, 0.2) is 24.3 Å². The van der Waals surface area contributed by atoms with Crippen molar-refractivity contribution in [1.29, 1.82) is 5.26 Å². The molecule has 0 spiro atoms. The van der Waals surface area contributed by atoms with E-state index in [-0.39, 0.29) is 6.10 Å². The van der Waals surface area contributed by atoms with Crippen LogP contribution in [0.1, 0.15) is 50.2 Å². The van der Waals surface area contributed by atoms with Gasteiger partial charge in [0.05, 0.1) is 17.8 Å². The maximum atomic E-state index is 11.4. The molecule has 1 aromatic carbocycles. The van der Waals surface area contributed by atoms with Gasteiger partial charge in [0, 0.05) is 19.4 Å². The van der Waals surface area contributed by atoms with Crippen molar-refractivity contribution >= 4 is 0 Å². The Morgan fingerprint density at radius 2 is 2.19 bits per heavy atom. The summed E-state index contributed by atoms with van der Waals surface area (Å²) in [6.45, 7) is 2.62. The minimum absolute atomic E-state index is 0.0584. The lowest BCUT2D eigenvalue weighted by molar-refractivity contribution is -0.134. The van der Waals surface area contributed by atoms with E-state index in [1.54, 1.807) is 0 Å². The van der Waals surface area contributed by atoms with E-state index in [2.05, 4.69) is 19.1 Å². The van der Waals surface area contributed by atoms with Gasteiger partial charge in [-0.1, -0.05) is 31.2 Å². The average molecular weight is 285 g/mol. The van der Waals surface area contributed by atoms with E-state index < -0.39 is 11.0 Å². The smallest absolute Gasteiger partial charge is 0.111 e. The Labute approximate surface area is 126 Å². The van der Waals surface area contributed by atoms with Crippen LogP contribution in [0.2, 0.25) is 0 Å². The maximum absolute atomic E-state index is 11.4. The molecule has 1 aliphatic carbocycles. The minimum atomic E-state index is -0.975. The highest BCUT2D eigenvalue weighted by atomic mass is 16.5. The van der Waals surface area contributed by atoms with Crippen molar-refractivity contribution in [1.82, 2.24) is 0 Å². The Morgan fingerprint density at radius 1 is 1.38 bits per heavy atom. The van der Waals surface area contributed by atoms with Gasteiger partial charge in [0.1, 0.15) is 5.41 Å². The Hall–Kier alpha value is -1.37. The Balaban J connectivity index is 2.07. The summed E-state index contributed by atoms with van der Waals surface area (Å²) in [6.07, 6.45) is 4.76. The van der Waals surface area contributed by atoms with Crippen LogP contribution in [0.5, 0.6) is 0 Å². The van der Waals surface area contributed by atoms with E-state index in [0.717, 1.165) is 31.2 Å². The highest BCUT2D eigenvalue weighted by molar-refractivity contribution is 5.45. The lowest BCUT2D eigenvalue weighted by Crippen LogP contribution is -2.57. The van der Waals surface area contributed by atoms with Crippen molar-refractivity contribution in [3.8, 4) is 6.07 Å². The fraction of sp³-hybridized carbons (Fsp3) is 0.611. The summed E-state index contributed by atoms with van der Waals surface area (Å²) in [6, 6.07) is 10.7. The van der Waals surface area contributed by atoms with E-state index in [9.17, 15) is 10.4 Å². The van der Waals surface area contributed by atoms with E-state index in [1.807, 2.05) is 18.2 Å². The molecule has 3 rings (SSSR count). The SMILES string of the molecule is CCC1CC(O)(C2(C#N)CCCc3ccccc32)CCO1. The molecule has 0 saturated carbocycles. The molecule has 0 aromatic heterocycles. The molecule has 1 fully saturated rings. The predicted molar refractivity (Wildman–Crippen MR) is 80.9 cm³/mol. The third-order valence-electron chi connectivity index (χ3n) is 5.35. The quantitative estimate of drug-likeness (QED) is 0.908. The van der Waals surface area contributed by atoms with Gasteiger partial charge in [0.15, 0.2) is 0 Å². The molecule has 1 aliphatic heterocycles. The first-order valence-electron chi connectivity index (χ1n) is 7.99. The van der Waals surface area contributed by atoms with E-state index in [4.69, 9.17) is 4.74 Å². The molecule has 1 heterocycles. The molecule has 0 bridgehead atoms. The van der Waals surface area contributed by atoms with Gasteiger partial charge in [-0.15, -0.1) is 0 Å². The van der Waals surface area contributed by atoms with Gasteiger partial charge in [-0.25, -0.2) is 0 Å². The lowest BCUT2D eigenvalue weighted by Gasteiger charge is -2.49. The molecule has 0 radical (unpaired) electrons. The number of ether oxygens (including phenoxy) is 1. The van der Waals surface area contributed by atoms with Gasteiger partial charge in [0.2, 0.25) is 0 Å². The van der Waals surface area contributed by atoms with Crippen LogP contribution in [0.3, 0.4) is 0 Å². The predicted octanol–water partition coefficient (Wildman–Crippen LogP) is 3.10. The van der Waals surface area contributed by atoms with Crippen LogP contribution in [-0.2, 0) is 16.6 Å². The number of hydrogen-bond acceptors (Lipinski definition) is 3. The fourth-order valence-corrected chi connectivity index (χ4v) is 4.12. The standard InChI is InChI=1S/C18H23NO2/c1-2-15-12-18(20,10-11-21-15)17(13-19)9-5-7-14-6-3-4-8-16(14)17/h3-4,6,8,15,20H,2,5,7,9-12H2,1H3. The third-order valence-corrected chi connectivity index (χ3v) is 5.35. The lowest BCUT2D eigenvalue weighted by atomic mass is 9.58. The second-order valence-corrected chi connectivity index (χ2v) is 6.41. The van der Waals surface area contributed by atoms with Crippen LogP contribution >= 0.6 is 0 Å². The molecule has 0 amide bonds. The molecule has 3 heteroatoms. The van der Waals surface area contributed by atoms with E-state index in [1.165, 1.54) is 5.56 Å². The van der Waals surface area contributed by atoms with Crippen molar-refractivity contribution in [2.45, 2.75) is 62.6 Å². The molecule has 1 saturated heterocycles. The van der Waals surface area contributed by atoms with Crippen molar-refractivity contribution in [2.24, 2.45) is 0 Å². The summed E-state index contributed by atoms with van der Waals surface area (Å²) in [4.78, 5) is 0. The van der Waals surface area contributed by atoms with Crippen LogP contribution in [0.4, 0.5) is 0 Å². The number of fused-ring (bicyclic) bond motifs is 1. The first-order chi connectivity index (χ1) is 10.1. The Morgan fingerprint density at radius 3 is 2.95 bits per heavy atom. The van der Waals surface area contributed by atoms with Crippen LogP contribution < -0.4 is 0 Å². The first kappa shape index (κ1) is 14.6. The molecule has 3 atom stereocenters. The molecule has 21 heavy (non-hydrogen) atoms. The van der Waals surface area contributed by atoms with Gasteiger partial charge < -0.3 is 9.84 Å². The second kappa shape index (κ2) is 5.44. The van der Waals surface area contributed by atoms with Crippen LogP contribution in [-0.4, -0.2) is 23.4 Å². The molecule has 3 nitrogen and oxygen atoms in total. The monoisotopic (exact) mass is 285 g/mol. The topological polar surface area (TPSA) is 53.2 Å². The molecule has 3 unspecified atom stereocenters. The molecular formula is C18H23NO2. The minimum Gasteiger partial charge on any atom is -0.388 e. The van der Waals surface area contributed by atoms with Gasteiger partial charge in [-0.3, -0.25) is 0 Å². The Bertz CT molecular complexity index is 565. The number of benzene rings is 1. The van der Waals surface area contributed by atoms with Crippen LogP contribution in [0.25, 0.3) is 0 Å². The molecule has 112 valence electrons.